The quantitative estimate of drug-likeness (QED) is 0.824. The van der Waals surface area contributed by atoms with Gasteiger partial charge in [-0.3, -0.25) is 4.68 Å². The Morgan fingerprint density at radius 2 is 1.95 bits per heavy atom. The summed E-state index contributed by atoms with van der Waals surface area (Å²) < 4.78 is 1.89. The first-order chi connectivity index (χ1) is 10.0. The van der Waals surface area contributed by atoms with Gasteiger partial charge in [0.15, 0.2) is 0 Å². The molecule has 21 heavy (non-hydrogen) atoms. The fourth-order valence-electron chi connectivity index (χ4n) is 2.21. The molecule has 0 spiro atoms. The highest BCUT2D eigenvalue weighted by atomic mass is 35.5. The largest absolute Gasteiger partial charge is 0.316 e. The Balaban J connectivity index is 1.98. The summed E-state index contributed by atoms with van der Waals surface area (Å²) in [5.74, 6) is 1.00. The average Bonchev–Trinajstić information content (AvgIpc) is 2.71. The van der Waals surface area contributed by atoms with Gasteiger partial charge in [0.25, 0.3) is 0 Å². The smallest absolute Gasteiger partial charge is 0.0847 e. The van der Waals surface area contributed by atoms with E-state index in [2.05, 4.69) is 41.6 Å². The van der Waals surface area contributed by atoms with Crippen LogP contribution in [0.3, 0.4) is 0 Å². The SMILES string of the molecule is CNC(CSc1ccc(C)cc1)Cc1c(Cl)c(C)nn1C. The third kappa shape index (κ3) is 4.25. The van der Waals surface area contributed by atoms with Gasteiger partial charge < -0.3 is 5.32 Å². The zero-order valence-corrected chi connectivity index (χ0v) is 14.6. The summed E-state index contributed by atoms with van der Waals surface area (Å²) in [4.78, 5) is 1.30. The van der Waals surface area contributed by atoms with Gasteiger partial charge in [0.2, 0.25) is 0 Å². The van der Waals surface area contributed by atoms with Crippen LogP contribution < -0.4 is 5.32 Å². The van der Waals surface area contributed by atoms with Crippen molar-refractivity contribution in [2.75, 3.05) is 12.8 Å². The molecule has 5 heteroatoms. The van der Waals surface area contributed by atoms with Crippen molar-refractivity contribution in [3.63, 3.8) is 0 Å². The van der Waals surface area contributed by atoms with Crippen molar-refractivity contribution in [1.82, 2.24) is 15.1 Å². The maximum atomic E-state index is 6.33. The van der Waals surface area contributed by atoms with Crippen LogP contribution >= 0.6 is 23.4 Å². The zero-order chi connectivity index (χ0) is 15.4. The highest BCUT2D eigenvalue weighted by molar-refractivity contribution is 7.99. The molecule has 1 aromatic carbocycles. The predicted molar refractivity (Wildman–Crippen MR) is 91.4 cm³/mol. The summed E-state index contributed by atoms with van der Waals surface area (Å²) in [6.07, 6.45) is 0.880. The minimum atomic E-state index is 0.364. The minimum absolute atomic E-state index is 0.364. The van der Waals surface area contributed by atoms with E-state index in [4.69, 9.17) is 11.6 Å². The van der Waals surface area contributed by atoms with Crippen molar-refractivity contribution < 1.29 is 0 Å². The number of benzene rings is 1. The highest BCUT2D eigenvalue weighted by Crippen LogP contribution is 2.24. The summed E-state index contributed by atoms with van der Waals surface area (Å²) >= 11 is 8.20. The summed E-state index contributed by atoms with van der Waals surface area (Å²) in [6, 6.07) is 9.02. The van der Waals surface area contributed by atoms with E-state index in [0.29, 0.717) is 6.04 Å². The Kier molecular flexibility index (Phi) is 5.73. The molecular weight excluding hydrogens is 302 g/mol. The summed E-state index contributed by atoms with van der Waals surface area (Å²) in [5.41, 5.74) is 3.29. The normalized spacial score (nSPS) is 12.6. The van der Waals surface area contributed by atoms with E-state index in [1.54, 1.807) is 0 Å². The zero-order valence-electron chi connectivity index (χ0n) is 13.0. The molecule has 1 unspecified atom stereocenters. The van der Waals surface area contributed by atoms with Crippen LogP contribution in [0.2, 0.25) is 5.02 Å². The van der Waals surface area contributed by atoms with Crippen LogP contribution in [0, 0.1) is 13.8 Å². The van der Waals surface area contributed by atoms with E-state index in [1.807, 2.05) is 37.5 Å². The molecule has 0 amide bonds. The van der Waals surface area contributed by atoms with Crippen molar-refractivity contribution in [1.29, 1.82) is 0 Å². The molecule has 1 N–H and O–H groups in total. The van der Waals surface area contributed by atoms with Crippen LogP contribution in [-0.2, 0) is 13.5 Å². The summed E-state index contributed by atoms with van der Waals surface area (Å²) in [5, 5.41) is 8.54. The number of thioether (sulfide) groups is 1. The van der Waals surface area contributed by atoms with Crippen molar-refractivity contribution >= 4 is 23.4 Å². The van der Waals surface area contributed by atoms with E-state index in [0.717, 1.165) is 28.6 Å². The number of halogens is 1. The molecule has 114 valence electrons. The van der Waals surface area contributed by atoms with Crippen molar-refractivity contribution in [3.05, 3.63) is 46.2 Å². The molecule has 1 heterocycles. The van der Waals surface area contributed by atoms with Gasteiger partial charge >= 0.3 is 0 Å². The van der Waals surface area contributed by atoms with Crippen LogP contribution in [0.4, 0.5) is 0 Å². The molecular formula is C16H22ClN3S. The lowest BCUT2D eigenvalue weighted by Crippen LogP contribution is -2.31. The van der Waals surface area contributed by atoms with Crippen LogP contribution in [0.1, 0.15) is 17.0 Å². The van der Waals surface area contributed by atoms with Gasteiger partial charge in [-0.05, 0) is 33.0 Å². The van der Waals surface area contributed by atoms with Gasteiger partial charge in [-0.25, -0.2) is 0 Å². The maximum absolute atomic E-state index is 6.33. The van der Waals surface area contributed by atoms with E-state index < -0.39 is 0 Å². The van der Waals surface area contributed by atoms with Crippen LogP contribution in [-0.4, -0.2) is 28.6 Å². The van der Waals surface area contributed by atoms with Crippen LogP contribution in [0.15, 0.2) is 29.2 Å². The van der Waals surface area contributed by atoms with Crippen molar-refractivity contribution in [3.8, 4) is 0 Å². The Morgan fingerprint density at radius 1 is 1.29 bits per heavy atom. The molecule has 0 aliphatic carbocycles. The number of rotatable bonds is 6. The molecule has 1 aromatic heterocycles. The summed E-state index contributed by atoms with van der Waals surface area (Å²) in [7, 11) is 3.95. The number of aromatic nitrogens is 2. The lowest BCUT2D eigenvalue weighted by Gasteiger charge is -2.16. The van der Waals surface area contributed by atoms with Gasteiger partial charge in [-0.15, -0.1) is 11.8 Å². The standard InChI is InChI=1S/C16H22ClN3S/c1-11-5-7-14(8-6-11)21-10-13(18-3)9-15-16(17)12(2)19-20(15)4/h5-8,13,18H,9-10H2,1-4H3. The number of aryl methyl sites for hydroxylation is 3. The lowest BCUT2D eigenvalue weighted by molar-refractivity contribution is 0.582. The van der Waals surface area contributed by atoms with E-state index >= 15 is 0 Å². The molecule has 0 radical (unpaired) electrons. The van der Waals surface area contributed by atoms with Gasteiger partial charge in [-0.2, -0.15) is 5.10 Å². The Bertz CT molecular complexity index is 592. The Labute approximate surface area is 136 Å². The number of nitrogens with zero attached hydrogens (tertiary/aromatic N) is 2. The van der Waals surface area contributed by atoms with Gasteiger partial charge in [0, 0.05) is 30.2 Å². The Hall–Kier alpha value is -0.970. The second-order valence-corrected chi connectivity index (χ2v) is 6.75. The molecule has 0 aliphatic heterocycles. The topological polar surface area (TPSA) is 29.9 Å². The monoisotopic (exact) mass is 323 g/mol. The fraction of sp³-hybridized carbons (Fsp3) is 0.438. The number of hydrogen-bond acceptors (Lipinski definition) is 3. The van der Waals surface area contributed by atoms with Gasteiger partial charge in [0.05, 0.1) is 16.4 Å². The van der Waals surface area contributed by atoms with Crippen molar-refractivity contribution in [2.24, 2.45) is 7.05 Å². The maximum Gasteiger partial charge on any atom is 0.0847 e. The molecule has 0 aliphatic rings. The van der Waals surface area contributed by atoms with E-state index in [1.165, 1.54) is 10.5 Å². The number of likely N-dealkylation sites (N-methyl/N-ethyl adjacent to an activating group) is 1. The fourth-order valence-corrected chi connectivity index (χ4v) is 3.45. The van der Waals surface area contributed by atoms with E-state index in [-0.39, 0.29) is 0 Å². The molecule has 2 aromatic rings. The van der Waals surface area contributed by atoms with E-state index in [9.17, 15) is 0 Å². The molecule has 0 saturated carbocycles. The highest BCUT2D eigenvalue weighted by Gasteiger charge is 2.16. The molecule has 3 nitrogen and oxygen atoms in total. The lowest BCUT2D eigenvalue weighted by atomic mass is 10.2. The third-order valence-corrected chi connectivity index (χ3v) is 5.25. The predicted octanol–water partition coefficient (Wildman–Crippen LogP) is 3.61. The molecule has 0 fully saturated rings. The first-order valence-corrected chi connectivity index (χ1v) is 8.42. The number of nitrogens with one attached hydrogen (secondary N) is 1. The second-order valence-electron chi connectivity index (χ2n) is 5.28. The second kappa shape index (κ2) is 7.34. The molecule has 2 rings (SSSR count). The first kappa shape index (κ1) is 16.4. The van der Waals surface area contributed by atoms with Crippen LogP contribution in [0.5, 0.6) is 0 Å². The van der Waals surface area contributed by atoms with Crippen LogP contribution in [0.25, 0.3) is 0 Å². The van der Waals surface area contributed by atoms with Gasteiger partial charge in [-0.1, -0.05) is 29.3 Å². The summed E-state index contributed by atoms with van der Waals surface area (Å²) in [6.45, 7) is 4.05. The number of hydrogen-bond donors (Lipinski definition) is 1. The van der Waals surface area contributed by atoms with Gasteiger partial charge in [0.1, 0.15) is 0 Å². The molecule has 0 saturated heterocycles. The van der Waals surface area contributed by atoms with Crippen molar-refractivity contribution in [2.45, 2.75) is 31.2 Å². The minimum Gasteiger partial charge on any atom is -0.316 e. The third-order valence-electron chi connectivity index (χ3n) is 3.58. The average molecular weight is 324 g/mol. The Morgan fingerprint density at radius 3 is 2.48 bits per heavy atom. The molecule has 0 bridgehead atoms. The first-order valence-electron chi connectivity index (χ1n) is 7.06. The molecule has 1 atom stereocenters.